The van der Waals surface area contributed by atoms with Crippen LogP contribution in [0.15, 0.2) is 18.7 Å². The smallest absolute Gasteiger partial charge is 0.245 e. The van der Waals surface area contributed by atoms with Gasteiger partial charge in [0.05, 0.1) is 24.5 Å². The van der Waals surface area contributed by atoms with E-state index in [0.717, 1.165) is 0 Å². The first-order valence-corrected chi connectivity index (χ1v) is 13.2. The van der Waals surface area contributed by atoms with E-state index in [1.165, 1.54) is 44.4 Å². The fourth-order valence-corrected chi connectivity index (χ4v) is 5.39. The fraction of sp³-hybridized carbons (Fsp3) is 0.524. The number of nitrogens with one attached hydrogen (secondary N) is 1. The van der Waals surface area contributed by atoms with Crippen LogP contribution < -0.4 is 14.2 Å². The number of rotatable bonds is 10. The van der Waals surface area contributed by atoms with Crippen molar-refractivity contribution in [2.75, 3.05) is 18.9 Å². The molecule has 0 saturated heterocycles. The molecule has 3 heterocycles. The molecule has 37 heavy (non-hydrogen) atoms. The second-order valence-electron chi connectivity index (χ2n) is 8.54. The second-order valence-corrected chi connectivity index (χ2v) is 11.0. The van der Waals surface area contributed by atoms with Crippen molar-refractivity contribution in [2.24, 2.45) is 5.92 Å². The van der Waals surface area contributed by atoms with Gasteiger partial charge in [-0.1, -0.05) is 18.5 Å². The largest absolute Gasteiger partial charge is 0.479 e. The summed E-state index contributed by atoms with van der Waals surface area (Å²) in [5, 5.41) is 7.40. The second kappa shape index (κ2) is 10.7. The quantitative estimate of drug-likeness (QED) is 0.393. The molecule has 1 aliphatic carbocycles. The van der Waals surface area contributed by atoms with Crippen molar-refractivity contribution >= 4 is 27.6 Å². The molecule has 2 unspecified atom stereocenters. The Bertz CT molecular complexity index is 1340. The first-order chi connectivity index (χ1) is 17.6. The normalized spacial score (nSPS) is 19.2. The van der Waals surface area contributed by atoms with Gasteiger partial charge < -0.3 is 9.47 Å². The highest BCUT2D eigenvalue weighted by atomic mass is 35.5. The van der Waals surface area contributed by atoms with E-state index >= 15 is 0 Å². The molecule has 12 nitrogen and oxygen atoms in total. The van der Waals surface area contributed by atoms with Crippen molar-refractivity contribution in [3.8, 4) is 17.4 Å². The van der Waals surface area contributed by atoms with Crippen LogP contribution in [0.1, 0.15) is 50.2 Å². The monoisotopic (exact) mass is 558 g/mol. The van der Waals surface area contributed by atoms with Crippen LogP contribution in [-0.2, 0) is 10.0 Å². The third-order valence-electron chi connectivity index (χ3n) is 6.51. The van der Waals surface area contributed by atoms with Gasteiger partial charge in [-0.15, -0.1) is 10.2 Å². The predicted octanol–water partition coefficient (Wildman–Crippen LogP) is 3.21. The molecule has 0 amide bonds. The van der Waals surface area contributed by atoms with E-state index in [0.29, 0.717) is 17.9 Å². The predicted molar refractivity (Wildman–Crippen MR) is 129 cm³/mol. The Labute approximate surface area is 216 Å². The Balaban J connectivity index is 1.78. The number of nitrogens with zero attached hydrogens (tertiary/aromatic N) is 7. The number of alkyl halides is 2. The first kappa shape index (κ1) is 26.9. The maximum absolute atomic E-state index is 13.6. The molecule has 4 rings (SSSR count). The average molecular weight is 559 g/mol. The number of ether oxygens (including phenoxy) is 2. The van der Waals surface area contributed by atoms with Crippen LogP contribution in [0.2, 0.25) is 5.02 Å². The van der Waals surface area contributed by atoms with Crippen LogP contribution in [0.4, 0.5) is 14.7 Å². The van der Waals surface area contributed by atoms with Crippen LogP contribution in [0.25, 0.3) is 5.69 Å². The van der Waals surface area contributed by atoms with Crippen molar-refractivity contribution in [3.05, 3.63) is 35.4 Å². The summed E-state index contributed by atoms with van der Waals surface area (Å²) in [6.45, 7) is 3.14. The lowest BCUT2D eigenvalue weighted by molar-refractivity contribution is 0.0139. The molecule has 1 fully saturated rings. The topological polar surface area (TPSA) is 147 Å². The molecule has 0 spiro atoms. The van der Waals surface area contributed by atoms with Crippen LogP contribution in [0, 0.1) is 5.92 Å². The molecular formula is C21H25ClF2N8O4S. The summed E-state index contributed by atoms with van der Waals surface area (Å²) in [7, 11) is -1.43. The molecule has 0 aromatic carbocycles. The maximum Gasteiger partial charge on any atom is 0.245 e. The minimum Gasteiger partial charge on any atom is -0.479 e. The third kappa shape index (κ3) is 5.14. The Morgan fingerprint density at radius 1 is 1.05 bits per heavy atom. The summed E-state index contributed by atoms with van der Waals surface area (Å²) >= 11 is 5.84. The Morgan fingerprint density at radius 3 is 2.19 bits per heavy atom. The zero-order chi connectivity index (χ0) is 26.9. The van der Waals surface area contributed by atoms with Crippen molar-refractivity contribution in [3.63, 3.8) is 0 Å². The highest BCUT2D eigenvalue weighted by molar-refractivity contribution is 7.93. The zero-order valence-corrected chi connectivity index (χ0v) is 21.9. The molecular weight excluding hydrogens is 534 g/mol. The van der Waals surface area contributed by atoms with Crippen molar-refractivity contribution in [1.82, 2.24) is 34.7 Å². The molecule has 16 heteroatoms. The molecule has 1 saturated carbocycles. The average Bonchev–Trinajstić information content (AvgIpc) is 3.23. The molecule has 3 aromatic heterocycles. The summed E-state index contributed by atoms with van der Waals surface area (Å²) in [5.74, 6) is -2.12. The molecule has 200 valence electrons. The van der Waals surface area contributed by atoms with Crippen molar-refractivity contribution < 1.29 is 26.7 Å². The van der Waals surface area contributed by atoms with Crippen molar-refractivity contribution in [1.29, 1.82) is 0 Å². The SMILES string of the molecule is COc1ncnc(OC)c1-n1c(NS(=O)(=O)C(C)C(C)c2ncc(Cl)cn2)nnc1[C@H]1CC[C@@H]1C(F)F. The highest BCUT2D eigenvalue weighted by Crippen LogP contribution is 2.47. The maximum atomic E-state index is 13.6. The summed E-state index contributed by atoms with van der Waals surface area (Å²) in [6.07, 6.45) is 2.07. The molecule has 0 aliphatic heterocycles. The van der Waals surface area contributed by atoms with E-state index in [1.807, 2.05) is 0 Å². The Kier molecular flexibility index (Phi) is 7.73. The number of methoxy groups -OCH3 is 2. The van der Waals surface area contributed by atoms with Gasteiger partial charge >= 0.3 is 0 Å². The summed E-state index contributed by atoms with van der Waals surface area (Å²) < 4.78 is 68.5. The van der Waals surface area contributed by atoms with Gasteiger partial charge in [-0.25, -0.2) is 27.2 Å². The van der Waals surface area contributed by atoms with E-state index in [-0.39, 0.29) is 35.0 Å². The molecule has 1 N–H and O–H groups in total. The van der Waals surface area contributed by atoms with E-state index in [1.54, 1.807) is 6.92 Å². The minimum absolute atomic E-state index is 0.0113. The molecule has 3 aromatic rings. The number of halogens is 3. The molecule has 4 atom stereocenters. The number of sulfonamides is 1. The Morgan fingerprint density at radius 2 is 1.68 bits per heavy atom. The van der Waals surface area contributed by atoms with Gasteiger partial charge in [0.2, 0.25) is 34.2 Å². The van der Waals surface area contributed by atoms with Gasteiger partial charge in [-0.05, 0) is 19.8 Å². The van der Waals surface area contributed by atoms with Gasteiger partial charge in [0.1, 0.15) is 18.0 Å². The van der Waals surface area contributed by atoms with Gasteiger partial charge in [0, 0.05) is 30.1 Å². The van der Waals surface area contributed by atoms with E-state index in [4.69, 9.17) is 21.1 Å². The number of hydrogen-bond donors (Lipinski definition) is 1. The van der Waals surface area contributed by atoms with Gasteiger partial charge in [-0.2, -0.15) is 9.97 Å². The van der Waals surface area contributed by atoms with Gasteiger partial charge in [0.25, 0.3) is 0 Å². The standard InChI is InChI=1S/C21H25ClF2N8O4S/c1-10(17-25-7-12(22)8-26-17)11(2)37(33,34)31-21-30-29-18(14-6-5-13(14)16(23)24)32(21)15-19(35-3)27-9-28-20(15)36-4/h7-11,13-14,16H,5-6H2,1-4H3,(H,30,31)/t10?,11?,13-,14-/m0/s1. The third-order valence-corrected chi connectivity index (χ3v) is 8.56. The lowest BCUT2D eigenvalue weighted by Gasteiger charge is -2.35. The number of aromatic nitrogens is 7. The highest BCUT2D eigenvalue weighted by Gasteiger charge is 2.43. The van der Waals surface area contributed by atoms with Gasteiger partial charge in [0.15, 0.2) is 5.69 Å². The summed E-state index contributed by atoms with van der Waals surface area (Å²) in [5.41, 5.74) is 0.0758. The van der Waals surface area contributed by atoms with E-state index in [2.05, 4.69) is 34.9 Å². The minimum atomic E-state index is -4.13. The van der Waals surface area contributed by atoms with E-state index in [9.17, 15) is 17.2 Å². The summed E-state index contributed by atoms with van der Waals surface area (Å²) in [6, 6.07) is 0. The molecule has 0 radical (unpaired) electrons. The van der Waals surface area contributed by atoms with Crippen LogP contribution in [0.5, 0.6) is 11.8 Å². The molecule has 1 aliphatic rings. The Hall–Kier alpha value is -3.20. The van der Waals surface area contributed by atoms with Crippen LogP contribution >= 0.6 is 11.6 Å². The lowest BCUT2D eigenvalue weighted by atomic mass is 9.73. The van der Waals surface area contributed by atoms with Crippen molar-refractivity contribution in [2.45, 2.75) is 50.2 Å². The van der Waals surface area contributed by atoms with Crippen LogP contribution in [0.3, 0.4) is 0 Å². The molecule has 0 bridgehead atoms. The van der Waals surface area contributed by atoms with Crippen LogP contribution in [-0.4, -0.2) is 69.0 Å². The first-order valence-electron chi connectivity index (χ1n) is 11.2. The fourth-order valence-electron chi connectivity index (χ4n) is 4.06. The number of hydrogen-bond acceptors (Lipinski definition) is 10. The summed E-state index contributed by atoms with van der Waals surface area (Å²) in [4.78, 5) is 16.4. The zero-order valence-electron chi connectivity index (χ0n) is 20.3. The van der Waals surface area contributed by atoms with E-state index < -0.39 is 39.5 Å². The number of anilines is 1. The lowest BCUT2D eigenvalue weighted by Crippen LogP contribution is -2.33. The van der Waals surface area contributed by atoms with Gasteiger partial charge in [-0.3, -0.25) is 9.29 Å².